The predicted molar refractivity (Wildman–Crippen MR) is 140 cm³/mol. The molecule has 5 rings (SSSR count). The van der Waals surface area contributed by atoms with Gasteiger partial charge in [0, 0.05) is 21.8 Å². The Morgan fingerprint density at radius 2 is 1.62 bits per heavy atom. The van der Waals surface area contributed by atoms with Crippen LogP contribution >= 0.6 is 11.6 Å². The molecule has 0 unspecified atom stereocenters. The van der Waals surface area contributed by atoms with Crippen LogP contribution < -0.4 is 16.2 Å². The minimum atomic E-state index is -0.574. The Hall–Kier alpha value is -4.56. The minimum Gasteiger partial charge on any atom is -0.331 e. The van der Waals surface area contributed by atoms with Crippen molar-refractivity contribution in [1.29, 1.82) is 0 Å². The van der Waals surface area contributed by atoms with Crippen molar-refractivity contribution in [2.24, 2.45) is 0 Å². The summed E-state index contributed by atoms with van der Waals surface area (Å²) in [7, 11) is 0. The lowest BCUT2D eigenvalue weighted by atomic mass is 10.0. The highest BCUT2D eigenvalue weighted by Crippen LogP contribution is 2.32. The van der Waals surface area contributed by atoms with Gasteiger partial charge < -0.3 is 10.6 Å². The zero-order valence-corrected chi connectivity index (χ0v) is 20.0. The lowest BCUT2D eigenvalue weighted by Gasteiger charge is -2.15. The first-order valence-electron chi connectivity index (χ1n) is 11.3. The van der Waals surface area contributed by atoms with E-state index in [1.165, 1.54) is 34.9 Å². The van der Waals surface area contributed by atoms with Gasteiger partial charge in [-0.25, -0.2) is 18.6 Å². The number of nitrogens with zero attached hydrogens (tertiary/aromatic N) is 2. The van der Waals surface area contributed by atoms with Gasteiger partial charge in [-0.1, -0.05) is 41.9 Å². The second-order valence-electron chi connectivity index (χ2n) is 8.14. The maximum Gasteiger partial charge on any atom is 0.319 e. The Labute approximate surface area is 215 Å². The Morgan fingerprint density at radius 3 is 2.41 bits per heavy atom. The van der Waals surface area contributed by atoms with Crippen LogP contribution in [0.4, 0.5) is 19.3 Å². The number of aromatic nitrogens is 2. The summed E-state index contributed by atoms with van der Waals surface area (Å²) < 4.78 is 29.1. The van der Waals surface area contributed by atoms with Crippen LogP contribution in [0.5, 0.6) is 0 Å². The van der Waals surface area contributed by atoms with E-state index in [0.717, 1.165) is 0 Å². The monoisotopic (exact) mass is 516 g/mol. The number of fused-ring (bicyclic) bond motifs is 1. The molecule has 37 heavy (non-hydrogen) atoms. The molecule has 2 N–H and O–H groups in total. The highest BCUT2D eigenvalue weighted by Gasteiger charge is 2.15. The molecule has 184 valence electrons. The van der Waals surface area contributed by atoms with Gasteiger partial charge in [0.1, 0.15) is 17.5 Å². The van der Waals surface area contributed by atoms with E-state index in [2.05, 4.69) is 15.6 Å². The van der Waals surface area contributed by atoms with E-state index in [4.69, 9.17) is 11.6 Å². The predicted octanol–water partition coefficient (Wildman–Crippen LogP) is 6.31. The fourth-order valence-electron chi connectivity index (χ4n) is 3.98. The van der Waals surface area contributed by atoms with Gasteiger partial charge in [-0.2, -0.15) is 0 Å². The number of carbonyl (C=O) groups is 1. The molecule has 6 nitrogen and oxygen atoms in total. The van der Waals surface area contributed by atoms with Crippen LogP contribution in [0, 0.1) is 11.6 Å². The first kappa shape index (κ1) is 24.1. The highest BCUT2D eigenvalue weighted by atomic mass is 35.5. The van der Waals surface area contributed by atoms with Gasteiger partial charge in [0.2, 0.25) is 0 Å². The number of para-hydroxylation sites is 1. The zero-order chi connectivity index (χ0) is 25.9. The van der Waals surface area contributed by atoms with Gasteiger partial charge in [-0.15, -0.1) is 0 Å². The van der Waals surface area contributed by atoms with Crippen molar-refractivity contribution in [3.8, 4) is 16.8 Å². The van der Waals surface area contributed by atoms with Crippen molar-refractivity contribution in [3.63, 3.8) is 0 Å². The number of halogens is 3. The lowest BCUT2D eigenvalue weighted by Crippen LogP contribution is -2.32. The topological polar surface area (TPSA) is 76.0 Å². The molecular weight excluding hydrogens is 498 g/mol. The van der Waals surface area contributed by atoms with Crippen LogP contribution in [-0.2, 0) is 6.54 Å². The average molecular weight is 517 g/mol. The molecule has 0 saturated heterocycles. The SMILES string of the molecule is O=C(NCc1nc2ccccc2c(=O)n1-c1ccc(F)cc1)Nc1ccc(Cl)c(-c2ccccc2F)c1. The van der Waals surface area contributed by atoms with Crippen molar-refractivity contribution < 1.29 is 13.6 Å². The molecule has 0 aliphatic heterocycles. The molecule has 5 aromatic rings. The molecule has 1 heterocycles. The van der Waals surface area contributed by atoms with E-state index in [-0.39, 0.29) is 17.9 Å². The largest absolute Gasteiger partial charge is 0.331 e. The fraction of sp³-hybridized carbons (Fsp3) is 0.0357. The third-order valence-corrected chi connectivity index (χ3v) is 6.05. The standard InChI is InChI=1S/C28H19ClF2N4O2/c29-23-14-11-18(15-22(23)20-5-1-3-7-24(20)31)33-28(37)32-16-26-34-25-8-4-2-6-21(25)27(36)35(26)19-12-9-17(30)10-13-19/h1-15H,16H2,(H2,32,33,37). The Bertz CT molecular complexity index is 1690. The van der Waals surface area contributed by atoms with Crippen molar-refractivity contribution >= 4 is 34.2 Å². The van der Waals surface area contributed by atoms with Crippen LogP contribution in [0.2, 0.25) is 5.02 Å². The van der Waals surface area contributed by atoms with Crippen molar-refractivity contribution in [1.82, 2.24) is 14.9 Å². The zero-order valence-electron chi connectivity index (χ0n) is 19.2. The number of anilines is 1. The number of amides is 2. The number of benzene rings is 4. The van der Waals surface area contributed by atoms with E-state index in [0.29, 0.717) is 38.4 Å². The molecule has 0 saturated carbocycles. The molecule has 4 aromatic carbocycles. The van der Waals surface area contributed by atoms with Gasteiger partial charge in [-0.05, 0) is 60.7 Å². The van der Waals surface area contributed by atoms with Crippen molar-refractivity contribution in [2.45, 2.75) is 6.54 Å². The van der Waals surface area contributed by atoms with Gasteiger partial charge >= 0.3 is 6.03 Å². The second kappa shape index (κ2) is 10.2. The van der Waals surface area contributed by atoms with Crippen LogP contribution in [0.3, 0.4) is 0 Å². The van der Waals surface area contributed by atoms with Crippen LogP contribution in [0.15, 0.2) is 95.8 Å². The normalized spacial score (nSPS) is 10.9. The average Bonchev–Trinajstić information content (AvgIpc) is 2.90. The Morgan fingerprint density at radius 1 is 0.892 bits per heavy atom. The van der Waals surface area contributed by atoms with Crippen LogP contribution in [-0.4, -0.2) is 15.6 Å². The Kier molecular flexibility index (Phi) is 6.66. The second-order valence-corrected chi connectivity index (χ2v) is 8.55. The van der Waals surface area contributed by atoms with Crippen molar-refractivity contribution in [2.75, 3.05) is 5.32 Å². The maximum absolute atomic E-state index is 14.3. The molecule has 0 fully saturated rings. The molecule has 2 amide bonds. The number of carbonyl (C=O) groups excluding carboxylic acids is 1. The van der Waals surface area contributed by atoms with Crippen LogP contribution in [0.1, 0.15) is 5.82 Å². The van der Waals surface area contributed by atoms with E-state index in [1.807, 2.05) is 0 Å². The lowest BCUT2D eigenvalue weighted by molar-refractivity contribution is 0.251. The molecule has 0 spiro atoms. The molecule has 0 aliphatic rings. The molecule has 9 heteroatoms. The maximum atomic E-state index is 14.3. The van der Waals surface area contributed by atoms with Gasteiger partial charge in [0.25, 0.3) is 5.56 Å². The summed E-state index contributed by atoms with van der Waals surface area (Å²) in [5, 5.41) is 6.11. The number of urea groups is 1. The number of hydrogen-bond acceptors (Lipinski definition) is 3. The molecule has 0 radical (unpaired) electrons. The summed E-state index contributed by atoms with van der Waals surface area (Å²) in [5.41, 5.74) is 1.66. The quantitative estimate of drug-likeness (QED) is 0.287. The van der Waals surface area contributed by atoms with E-state index >= 15 is 0 Å². The summed E-state index contributed by atoms with van der Waals surface area (Å²) in [6.45, 7) is -0.100. The minimum absolute atomic E-state index is 0.100. The van der Waals surface area contributed by atoms with E-state index < -0.39 is 17.7 Å². The summed E-state index contributed by atoms with van der Waals surface area (Å²) >= 11 is 6.27. The first-order valence-corrected chi connectivity index (χ1v) is 11.6. The van der Waals surface area contributed by atoms with Crippen molar-refractivity contribution in [3.05, 3.63) is 124 Å². The number of hydrogen-bond donors (Lipinski definition) is 2. The van der Waals surface area contributed by atoms with Gasteiger partial charge in [0.05, 0.1) is 23.1 Å². The Balaban J connectivity index is 1.41. The molecular formula is C28H19ClF2N4O2. The summed E-state index contributed by atoms with van der Waals surface area (Å²) in [6, 6.07) is 22.6. The van der Waals surface area contributed by atoms with E-state index in [9.17, 15) is 18.4 Å². The fourth-order valence-corrected chi connectivity index (χ4v) is 4.20. The van der Waals surface area contributed by atoms with Crippen LogP contribution in [0.25, 0.3) is 27.7 Å². The van der Waals surface area contributed by atoms with Gasteiger partial charge in [-0.3, -0.25) is 9.36 Å². The molecule has 0 aliphatic carbocycles. The smallest absolute Gasteiger partial charge is 0.319 e. The summed E-state index contributed by atoms with van der Waals surface area (Å²) in [5.74, 6) is -0.622. The highest BCUT2D eigenvalue weighted by molar-refractivity contribution is 6.33. The van der Waals surface area contributed by atoms with E-state index in [1.54, 1.807) is 60.7 Å². The third-order valence-electron chi connectivity index (χ3n) is 5.73. The van der Waals surface area contributed by atoms with Gasteiger partial charge in [0.15, 0.2) is 0 Å². The third kappa shape index (κ3) is 5.05. The summed E-state index contributed by atoms with van der Waals surface area (Å²) in [4.78, 5) is 30.5. The molecule has 0 atom stereocenters. The molecule has 1 aromatic heterocycles. The first-order chi connectivity index (χ1) is 17.9. The molecule has 0 bridgehead atoms. The summed E-state index contributed by atoms with van der Waals surface area (Å²) in [6.07, 6.45) is 0. The number of nitrogens with one attached hydrogen (secondary N) is 2. The number of rotatable bonds is 5.